The first-order valence-corrected chi connectivity index (χ1v) is 7.54. The van der Waals surface area contributed by atoms with Crippen LogP contribution in [0.15, 0.2) is 24.3 Å². The van der Waals surface area contributed by atoms with Gasteiger partial charge in [0.2, 0.25) is 0 Å². The number of hydrogen-bond acceptors (Lipinski definition) is 2. The Balaban J connectivity index is 1.86. The third-order valence-electron chi connectivity index (χ3n) is 5.10. The summed E-state index contributed by atoms with van der Waals surface area (Å²) in [6.07, 6.45) is 5.30. The minimum atomic E-state index is -0.569. The van der Waals surface area contributed by atoms with Crippen LogP contribution in [0.2, 0.25) is 0 Å². The lowest BCUT2D eigenvalue weighted by Gasteiger charge is -2.34. The van der Waals surface area contributed by atoms with Crippen LogP contribution in [-0.4, -0.2) is 10.7 Å². The molecule has 0 aromatic heterocycles. The summed E-state index contributed by atoms with van der Waals surface area (Å²) in [4.78, 5) is 0. The number of rotatable bonds is 1. The summed E-state index contributed by atoms with van der Waals surface area (Å²) >= 11 is 0. The Morgan fingerprint density at radius 3 is 2.74 bits per heavy atom. The Hall–Kier alpha value is -0.860. The van der Waals surface area contributed by atoms with Crippen molar-refractivity contribution in [1.82, 2.24) is 5.32 Å². The van der Waals surface area contributed by atoms with Crippen LogP contribution in [0, 0.1) is 5.41 Å². The van der Waals surface area contributed by atoms with E-state index in [0.717, 1.165) is 32.2 Å². The Morgan fingerprint density at radius 1 is 1.11 bits per heavy atom. The predicted octanol–water partition coefficient (Wildman–Crippen LogP) is 3.55. The highest BCUT2D eigenvalue weighted by atomic mass is 16.3. The Bertz CT molecular complexity index is 468. The quantitative estimate of drug-likeness (QED) is 0.756. The van der Waals surface area contributed by atoms with Crippen LogP contribution in [0.5, 0.6) is 0 Å². The zero-order valence-electron chi connectivity index (χ0n) is 12.1. The topological polar surface area (TPSA) is 32.3 Å². The number of nitrogens with one attached hydrogen (secondary N) is 1. The third-order valence-corrected chi connectivity index (χ3v) is 5.10. The van der Waals surface area contributed by atoms with Crippen molar-refractivity contribution in [3.05, 3.63) is 35.4 Å². The molecule has 1 aliphatic heterocycles. The molecule has 104 valence electrons. The van der Waals surface area contributed by atoms with Crippen molar-refractivity contribution in [2.75, 3.05) is 0 Å². The smallest absolute Gasteiger partial charge is 0.0842 e. The van der Waals surface area contributed by atoms with E-state index in [0.29, 0.717) is 5.41 Å². The standard InChI is InChI=1S/C17H25NO/c1-16(2)8-5-9-17(19,11-10-16)15-14-7-4-3-6-13(14)12-18-15/h3-4,6-7,15,18-19H,5,8-12H2,1-2H3. The van der Waals surface area contributed by atoms with Crippen molar-refractivity contribution >= 4 is 0 Å². The largest absolute Gasteiger partial charge is 0.388 e. The number of fused-ring (bicyclic) bond motifs is 1. The van der Waals surface area contributed by atoms with Gasteiger partial charge in [0.05, 0.1) is 11.6 Å². The molecule has 2 N–H and O–H groups in total. The Kier molecular flexibility index (Phi) is 3.18. The molecule has 2 aliphatic rings. The first kappa shape index (κ1) is 13.1. The van der Waals surface area contributed by atoms with E-state index in [2.05, 4.69) is 43.4 Å². The maximum absolute atomic E-state index is 11.2. The van der Waals surface area contributed by atoms with Gasteiger partial charge in [-0.3, -0.25) is 0 Å². The second kappa shape index (κ2) is 4.60. The van der Waals surface area contributed by atoms with E-state index in [1.165, 1.54) is 17.5 Å². The summed E-state index contributed by atoms with van der Waals surface area (Å²) in [5.41, 5.74) is 2.47. The van der Waals surface area contributed by atoms with Crippen molar-refractivity contribution < 1.29 is 5.11 Å². The molecule has 0 amide bonds. The molecule has 2 atom stereocenters. The molecule has 2 heteroatoms. The zero-order valence-corrected chi connectivity index (χ0v) is 12.1. The summed E-state index contributed by atoms with van der Waals surface area (Å²) < 4.78 is 0. The van der Waals surface area contributed by atoms with Crippen molar-refractivity contribution in [1.29, 1.82) is 0 Å². The van der Waals surface area contributed by atoms with Gasteiger partial charge in [0.15, 0.2) is 0 Å². The summed E-state index contributed by atoms with van der Waals surface area (Å²) in [5, 5.41) is 14.7. The van der Waals surface area contributed by atoms with Gasteiger partial charge in [-0.25, -0.2) is 0 Å². The molecule has 1 aliphatic carbocycles. The van der Waals surface area contributed by atoms with E-state index in [-0.39, 0.29) is 6.04 Å². The molecule has 1 fully saturated rings. The van der Waals surface area contributed by atoms with Crippen LogP contribution in [0.4, 0.5) is 0 Å². The molecule has 2 unspecified atom stereocenters. The summed E-state index contributed by atoms with van der Waals surface area (Å²) in [7, 11) is 0. The van der Waals surface area contributed by atoms with E-state index in [1.54, 1.807) is 0 Å². The Labute approximate surface area is 116 Å². The molecule has 1 saturated carbocycles. The lowest BCUT2D eigenvalue weighted by Crippen LogP contribution is -2.40. The fourth-order valence-electron chi connectivity index (χ4n) is 3.74. The van der Waals surface area contributed by atoms with Gasteiger partial charge < -0.3 is 10.4 Å². The molecular formula is C17H25NO. The monoisotopic (exact) mass is 259 g/mol. The van der Waals surface area contributed by atoms with Gasteiger partial charge >= 0.3 is 0 Å². The van der Waals surface area contributed by atoms with Crippen molar-refractivity contribution in [3.63, 3.8) is 0 Å². The summed E-state index contributed by atoms with van der Waals surface area (Å²) in [6, 6.07) is 8.64. The number of hydrogen-bond donors (Lipinski definition) is 2. The first-order chi connectivity index (χ1) is 9.00. The van der Waals surface area contributed by atoms with E-state index in [9.17, 15) is 5.11 Å². The van der Waals surface area contributed by atoms with Crippen LogP contribution < -0.4 is 5.32 Å². The normalized spacial score (nSPS) is 33.7. The second-order valence-corrected chi connectivity index (χ2v) is 7.13. The highest BCUT2D eigenvalue weighted by molar-refractivity contribution is 5.36. The summed E-state index contributed by atoms with van der Waals surface area (Å²) in [5.74, 6) is 0. The van der Waals surface area contributed by atoms with Gasteiger partial charge in [-0.1, -0.05) is 38.1 Å². The van der Waals surface area contributed by atoms with Gasteiger partial charge in [-0.2, -0.15) is 0 Å². The molecule has 2 nitrogen and oxygen atoms in total. The molecule has 1 aromatic rings. The van der Waals surface area contributed by atoms with Crippen molar-refractivity contribution in [3.8, 4) is 0 Å². The summed E-state index contributed by atoms with van der Waals surface area (Å²) in [6.45, 7) is 5.55. The van der Waals surface area contributed by atoms with Crippen LogP contribution in [-0.2, 0) is 6.54 Å². The maximum atomic E-state index is 11.2. The molecule has 0 spiro atoms. The molecule has 0 saturated heterocycles. The first-order valence-electron chi connectivity index (χ1n) is 7.54. The van der Waals surface area contributed by atoms with E-state index >= 15 is 0 Å². The van der Waals surface area contributed by atoms with E-state index < -0.39 is 5.60 Å². The van der Waals surface area contributed by atoms with Crippen LogP contribution in [0.3, 0.4) is 0 Å². The number of aliphatic hydroxyl groups is 1. The van der Waals surface area contributed by atoms with Gasteiger partial charge in [-0.05, 0) is 48.6 Å². The average Bonchev–Trinajstić information content (AvgIpc) is 2.75. The molecule has 0 radical (unpaired) electrons. The van der Waals surface area contributed by atoms with Crippen LogP contribution >= 0.6 is 0 Å². The fourth-order valence-corrected chi connectivity index (χ4v) is 3.74. The predicted molar refractivity (Wildman–Crippen MR) is 77.8 cm³/mol. The zero-order chi connectivity index (χ0) is 13.5. The lowest BCUT2D eigenvalue weighted by atomic mass is 9.81. The molecule has 19 heavy (non-hydrogen) atoms. The SMILES string of the molecule is CC1(C)CCCC(O)(C2NCc3ccccc32)CC1. The molecule has 1 heterocycles. The minimum Gasteiger partial charge on any atom is -0.388 e. The molecule has 1 aromatic carbocycles. The van der Waals surface area contributed by atoms with Gasteiger partial charge in [0, 0.05) is 6.54 Å². The number of benzene rings is 1. The fraction of sp³-hybridized carbons (Fsp3) is 0.647. The maximum Gasteiger partial charge on any atom is 0.0842 e. The third kappa shape index (κ3) is 2.44. The van der Waals surface area contributed by atoms with Crippen molar-refractivity contribution in [2.24, 2.45) is 5.41 Å². The van der Waals surface area contributed by atoms with Crippen LogP contribution in [0.25, 0.3) is 0 Å². The van der Waals surface area contributed by atoms with Gasteiger partial charge in [0.25, 0.3) is 0 Å². The molecular weight excluding hydrogens is 234 g/mol. The second-order valence-electron chi connectivity index (χ2n) is 7.13. The lowest BCUT2D eigenvalue weighted by molar-refractivity contribution is -0.0126. The minimum absolute atomic E-state index is 0.123. The van der Waals surface area contributed by atoms with Gasteiger partial charge in [0.1, 0.15) is 0 Å². The van der Waals surface area contributed by atoms with Crippen LogP contribution in [0.1, 0.15) is 63.1 Å². The highest BCUT2D eigenvalue weighted by Crippen LogP contribution is 2.45. The van der Waals surface area contributed by atoms with E-state index in [1.807, 2.05) is 0 Å². The molecule has 3 rings (SSSR count). The van der Waals surface area contributed by atoms with Gasteiger partial charge in [-0.15, -0.1) is 0 Å². The van der Waals surface area contributed by atoms with E-state index in [4.69, 9.17) is 0 Å². The molecule has 0 bridgehead atoms. The Morgan fingerprint density at radius 2 is 1.89 bits per heavy atom. The average molecular weight is 259 g/mol. The van der Waals surface area contributed by atoms with Crippen molar-refractivity contribution in [2.45, 2.75) is 64.1 Å². The highest BCUT2D eigenvalue weighted by Gasteiger charge is 2.43.